The molecule has 3 aromatic rings. The van der Waals surface area contributed by atoms with E-state index in [4.69, 9.17) is 11.6 Å². The molecule has 3 rings (SSSR count). The van der Waals surface area contributed by atoms with Crippen molar-refractivity contribution in [2.24, 2.45) is 0 Å². The first kappa shape index (κ1) is 22.1. The van der Waals surface area contributed by atoms with Gasteiger partial charge in [0.15, 0.2) is 0 Å². The van der Waals surface area contributed by atoms with Crippen LogP contribution in [0.3, 0.4) is 0 Å². The third-order valence-corrected chi connectivity index (χ3v) is 8.26. The fraction of sp³-hybridized carbons (Fsp3) is 0.0556. The molecule has 0 aliphatic carbocycles. The van der Waals surface area contributed by atoms with Crippen LogP contribution in [0.2, 0.25) is 4.34 Å². The molecule has 12 heteroatoms. The van der Waals surface area contributed by atoms with E-state index >= 15 is 0 Å². The first-order valence-corrected chi connectivity index (χ1v) is 12.5. The molecule has 158 valence electrons. The van der Waals surface area contributed by atoms with Gasteiger partial charge in [0, 0.05) is 5.69 Å². The molecule has 0 radical (unpaired) electrons. The molecule has 1 heterocycles. The van der Waals surface area contributed by atoms with E-state index in [0.29, 0.717) is 11.3 Å². The summed E-state index contributed by atoms with van der Waals surface area (Å²) in [6.07, 6.45) is 0. The van der Waals surface area contributed by atoms with E-state index in [1.54, 1.807) is 25.1 Å². The highest BCUT2D eigenvalue weighted by atomic mass is 35.5. The van der Waals surface area contributed by atoms with E-state index in [9.17, 15) is 21.6 Å². The van der Waals surface area contributed by atoms with Gasteiger partial charge in [-0.2, -0.15) is 0 Å². The molecule has 0 aliphatic heterocycles. The topological polar surface area (TPSA) is 121 Å². The fourth-order valence-corrected chi connectivity index (χ4v) is 5.97. The molecule has 30 heavy (non-hydrogen) atoms. The van der Waals surface area contributed by atoms with Crippen LogP contribution in [0.4, 0.5) is 16.2 Å². The maximum atomic E-state index is 12.4. The number of hydrogen-bond donors (Lipinski definition) is 3. The molecule has 2 aromatic carbocycles. The number of carbonyl (C=O) groups excluding carboxylic acids is 1. The molecule has 0 bridgehead atoms. The number of nitrogens with one attached hydrogen (secondary N) is 3. The zero-order valence-corrected chi connectivity index (χ0v) is 18.6. The molecule has 3 N–H and O–H groups in total. The molecule has 0 fully saturated rings. The van der Waals surface area contributed by atoms with Crippen molar-refractivity contribution in [3.05, 3.63) is 70.6 Å². The van der Waals surface area contributed by atoms with E-state index in [-0.39, 0.29) is 19.1 Å². The monoisotopic (exact) mass is 485 g/mol. The van der Waals surface area contributed by atoms with E-state index in [0.717, 1.165) is 11.3 Å². The fourth-order valence-electron chi connectivity index (χ4n) is 2.43. The van der Waals surface area contributed by atoms with Gasteiger partial charge in [-0.15, -0.1) is 11.3 Å². The first-order valence-electron chi connectivity index (χ1n) is 8.34. The zero-order chi connectivity index (χ0) is 21.9. The summed E-state index contributed by atoms with van der Waals surface area (Å²) < 4.78 is 53.8. The lowest BCUT2D eigenvalue weighted by Crippen LogP contribution is -2.33. The highest BCUT2D eigenvalue weighted by Gasteiger charge is 2.20. The molecular weight excluding hydrogens is 470 g/mol. The Morgan fingerprint density at radius 1 is 0.933 bits per heavy atom. The Bertz CT molecular complexity index is 1290. The summed E-state index contributed by atoms with van der Waals surface area (Å²) in [5, 5.41) is 2.40. The van der Waals surface area contributed by atoms with E-state index in [1.807, 2.05) is 4.72 Å². The number of urea groups is 1. The van der Waals surface area contributed by atoms with Gasteiger partial charge in [0.2, 0.25) is 0 Å². The number of benzene rings is 2. The second-order valence-corrected chi connectivity index (χ2v) is 11.4. The maximum Gasteiger partial charge on any atom is 0.333 e. The predicted octanol–water partition coefficient (Wildman–Crippen LogP) is 4.02. The molecular formula is C18H16ClN3O5S3. The summed E-state index contributed by atoms with van der Waals surface area (Å²) in [4.78, 5) is 12.2. The minimum Gasteiger partial charge on any atom is -0.307 e. The van der Waals surface area contributed by atoms with Crippen LogP contribution >= 0.6 is 22.9 Å². The summed E-state index contributed by atoms with van der Waals surface area (Å²) >= 11 is 6.55. The number of thiophene rings is 1. The van der Waals surface area contributed by atoms with Gasteiger partial charge in [0.1, 0.15) is 4.21 Å². The van der Waals surface area contributed by atoms with Gasteiger partial charge in [-0.25, -0.2) is 26.4 Å². The van der Waals surface area contributed by atoms with Gasteiger partial charge in [-0.1, -0.05) is 29.8 Å². The number of aryl methyl sites for hydroxylation is 1. The predicted molar refractivity (Wildman–Crippen MR) is 117 cm³/mol. The largest absolute Gasteiger partial charge is 0.333 e. The Hall–Kier alpha value is -2.60. The van der Waals surface area contributed by atoms with Gasteiger partial charge < -0.3 is 5.32 Å². The lowest BCUT2D eigenvalue weighted by molar-refractivity contribution is 0.256. The standard InChI is InChI=1S/C18H16ClN3O5S3/c1-12-11-13(20-18(23)22-30(26,27)17-10-9-16(19)28-17)7-8-15(12)21-29(24,25)14-5-3-2-4-6-14/h2-11,21H,1H3,(H2,20,22,23). The molecule has 1 aromatic heterocycles. The van der Waals surface area contributed by atoms with Crippen molar-refractivity contribution in [3.63, 3.8) is 0 Å². The molecule has 2 amide bonds. The zero-order valence-electron chi connectivity index (χ0n) is 15.4. The quantitative estimate of drug-likeness (QED) is 0.486. The van der Waals surface area contributed by atoms with E-state index in [2.05, 4.69) is 10.0 Å². The summed E-state index contributed by atoms with van der Waals surface area (Å²) in [7, 11) is -7.81. The summed E-state index contributed by atoms with van der Waals surface area (Å²) in [6.45, 7) is 1.65. The SMILES string of the molecule is Cc1cc(NC(=O)NS(=O)(=O)c2ccc(Cl)s2)ccc1NS(=O)(=O)c1ccccc1. The molecule has 0 spiro atoms. The first-order chi connectivity index (χ1) is 14.1. The number of halogens is 1. The normalized spacial score (nSPS) is 11.7. The van der Waals surface area contributed by atoms with Gasteiger partial charge >= 0.3 is 6.03 Å². The average molecular weight is 486 g/mol. The van der Waals surface area contributed by atoms with Gasteiger partial charge in [0.05, 0.1) is 14.9 Å². The van der Waals surface area contributed by atoms with Crippen LogP contribution in [0.1, 0.15) is 5.56 Å². The highest BCUT2D eigenvalue weighted by Crippen LogP contribution is 2.26. The average Bonchev–Trinajstić information content (AvgIpc) is 3.12. The van der Waals surface area contributed by atoms with Gasteiger partial charge in [-0.3, -0.25) is 4.72 Å². The molecule has 8 nitrogen and oxygen atoms in total. The third kappa shape index (κ3) is 5.30. The number of hydrogen-bond acceptors (Lipinski definition) is 6. The Morgan fingerprint density at radius 3 is 2.23 bits per heavy atom. The van der Waals surface area contributed by atoms with Crippen molar-refractivity contribution in [1.29, 1.82) is 0 Å². The second-order valence-electron chi connectivity index (χ2n) is 6.07. The van der Waals surface area contributed by atoms with Crippen molar-refractivity contribution in [2.45, 2.75) is 16.0 Å². The molecule has 0 aliphatic rings. The third-order valence-electron chi connectivity index (χ3n) is 3.82. The summed E-state index contributed by atoms with van der Waals surface area (Å²) in [5.74, 6) is 0. The van der Waals surface area contributed by atoms with Crippen LogP contribution in [0.15, 0.2) is 69.8 Å². The maximum absolute atomic E-state index is 12.4. The summed E-state index contributed by atoms with van der Waals surface area (Å²) in [6, 6.07) is 14.1. The Balaban J connectivity index is 1.70. The van der Waals surface area contributed by atoms with E-state index < -0.39 is 26.1 Å². The van der Waals surface area contributed by atoms with Crippen LogP contribution in [-0.2, 0) is 20.0 Å². The van der Waals surface area contributed by atoms with Crippen molar-refractivity contribution in [1.82, 2.24) is 4.72 Å². The van der Waals surface area contributed by atoms with Crippen LogP contribution in [0.25, 0.3) is 0 Å². The van der Waals surface area contributed by atoms with Crippen LogP contribution < -0.4 is 14.8 Å². The minimum atomic E-state index is -4.05. The van der Waals surface area contributed by atoms with E-state index in [1.165, 1.54) is 42.5 Å². The Kier molecular flexibility index (Phi) is 6.36. The summed E-state index contributed by atoms with van der Waals surface area (Å²) in [5.41, 5.74) is 1.14. The van der Waals surface area contributed by atoms with Crippen molar-refractivity contribution >= 4 is 60.4 Å². The second kappa shape index (κ2) is 8.64. The van der Waals surface area contributed by atoms with Crippen LogP contribution in [-0.4, -0.2) is 22.9 Å². The molecule has 0 atom stereocenters. The highest BCUT2D eigenvalue weighted by molar-refractivity contribution is 7.92. The Morgan fingerprint density at radius 2 is 1.63 bits per heavy atom. The number of rotatable bonds is 6. The van der Waals surface area contributed by atoms with Gasteiger partial charge in [-0.05, 0) is 55.0 Å². The number of anilines is 2. The minimum absolute atomic E-state index is 0.0931. The van der Waals surface area contributed by atoms with Crippen molar-refractivity contribution in [2.75, 3.05) is 10.0 Å². The number of sulfonamides is 2. The lowest BCUT2D eigenvalue weighted by atomic mass is 10.2. The van der Waals surface area contributed by atoms with Crippen LogP contribution in [0, 0.1) is 6.92 Å². The smallest absolute Gasteiger partial charge is 0.307 e. The molecule has 0 unspecified atom stereocenters. The van der Waals surface area contributed by atoms with Gasteiger partial charge in [0.25, 0.3) is 20.0 Å². The number of amides is 2. The lowest BCUT2D eigenvalue weighted by Gasteiger charge is -2.13. The van der Waals surface area contributed by atoms with Crippen molar-refractivity contribution < 1.29 is 21.6 Å². The van der Waals surface area contributed by atoms with Crippen molar-refractivity contribution in [3.8, 4) is 0 Å². The molecule has 0 saturated carbocycles. The van der Waals surface area contributed by atoms with Crippen LogP contribution in [0.5, 0.6) is 0 Å². The molecule has 0 saturated heterocycles. The Labute approximate surface area is 183 Å². The number of carbonyl (C=O) groups is 1.